The minimum Gasteiger partial charge on any atom is -0.309 e. The van der Waals surface area contributed by atoms with Gasteiger partial charge in [0.05, 0.1) is 5.75 Å². The Morgan fingerprint density at radius 1 is 1.44 bits per heavy atom. The summed E-state index contributed by atoms with van der Waals surface area (Å²) in [6.45, 7) is 3.83. The summed E-state index contributed by atoms with van der Waals surface area (Å²) in [5.74, 6) is -0.156. The summed E-state index contributed by atoms with van der Waals surface area (Å²) in [5.41, 5.74) is 0.756. The monoisotopic (exact) mass is 293 g/mol. The quantitative estimate of drug-likeness (QED) is 0.877. The minimum absolute atomic E-state index is 0.0899. The summed E-state index contributed by atoms with van der Waals surface area (Å²) in [7, 11) is -2.97. The van der Waals surface area contributed by atoms with Crippen LogP contribution in [0.25, 0.3) is 0 Å². The Hall–Kier alpha value is -0.650. The number of hydrogen-bond donors (Lipinski definition) is 1. The van der Waals surface area contributed by atoms with Crippen LogP contribution in [0.4, 0.5) is 4.39 Å². The Kier molecular flexibility index (Phi) is 5.56. The van der Waals surface area contributed by atoms with E-state index in [0.717, 1.165) is 5.56 Å². The van der Waals surface area contributed by atoms with Crippen molar-refractivity contribution in [1.82, 2.24) is 5.32 Å². The lowest BCUT2D eigenvalue weighted by Gasteiger charge is -2.15. The van der Waals surface area contributed by atoms with E-state index in [1.165, 1.54) is 12.1 Å². The second-order valence-electron chi connectivity index (χ2n) is 4.08. The van der Waals surface area contributed by atoms with Crippen LogP contribution in [0.5, 0.6) is 0 Å². The Balaban J connectivity index is 2.58. The second-order valence-corrected chi connectivity index (χ2v) is 6.96. The Morgan fingerprint density at radius 3 is 2.67 bits per heavy atom. The van der Waals surface area contributed by atoms with Crippen molar-refractivity contribution in [1.29, 1.82) is 0 Å². The number of hydrogen-bond acceptors (Lipinski definition) is 3. The maximum absolute atomic E-state index is 12.9. The van der Waals surface area contributed by atoms with E-state index < -0.39 is 9.84 Å². The van der Waals surface area contributed by atoms with Gasteiger partial charge in [0.25, 0.3) is 0 Å². The van der Waals surface area contributed by atoms with Crippen LogP contribution >= 0.6 is 11.6 Å². The maximum atomic E-state index is 12.9. The highest BCUT2D eigenvalue weighted by Gasteiger charge is 2.12. The molecule has 0 heterocycles. The predicted octanol–water partition coefficient (Wildman–Crippen LogP) is 2.56. The van der Waals surface area contributed by atoms with Crippen molar-refractivity contribution in [2.24, 2.45) is 0 Å². The molecular weight excluding hydrogens is 277 g/mol. The molecule has 0 saturated carbocycles. The first kappa shape index (κ1) is 15.4. The van der Waals surface area contributed by atoms with Crippen molar-refractivity contribution in [2.75, 3.05) is 18.1 Å². The standard InChI is InChI=1S/C12H17ClFNO2S/c1-3-18(16,17)7-6-15-9(2)11-5-4-10(14)8-12(11)13/h4-5,8-9,15H,3,6-7H2,1-2H3. The van der Waals surface area contributed by atoms with Crippen LogP contribution in [0.2, 0.25) is 5.02 Å². The molecule has 1 atom stereocenters. The van der Waals surface area contributed by atoms with Crippen LogP contribution < -0.4 is 5.32 Å². The van der Waals surface area contributed by atoms with Gasteiger partial charge in [0.15, 0.2) is 9.84 Å². The highest BCUT2D eigenvalue weighted by Crippen LogP contribution is 2.23. The van der Waals surface area contributed by atoms with Crippen LogP contribution in [-0.4, -0.2) is 26.5 Å². The fourth-order valence-electron chi connectivity index (χ4n) is 1.54. The molecule has 0 spiro atoms. The van der Waals surface area contributed by atoms with Crippen molar-refractivity contribution in [3.8, 4) is 0 Å². The molecule has 0 bridgehead atoms. The van der Waals surface area contributed by atoms with Gasteiger partial charge in [-0.2, -0.15) is 0 Å². The summed E-state index contributed by atoms with van der Waals surface area (Å²) in [6, 6.07) is 4.06. The summed E-state index contributed by atoms with van der Waals surface area (Å²) in [4.78, 5) is 0. The number of sulfone groups is 1. The molecule has 1 aromatic rings. The zero-order chi connectivity index (χ0) is 13.8. The molecule has 18 heavy (non-hydrogen) atoms. The third kappa shape index (κ3) is 4.55. The first-order valence-electron chi connectivity index (χ1n) is 5.74. The van der Waals surface area contributed by atoms with Gasteiger partial charge < -0.3 is 5.32 Å². The molecule has 0 aliphatic heterocycles. The zero-order valence-corrected chi connectivity index (χ0v) is 12.0. The lowest BCUT2D eigenvalue weighted by molar-refractivity contribution is 0.571. The van der Waals surface area contributed by atoms with Crippen LogP contribution in [-0.2, 0) is 9.84 Å². The third-order valence-electron chi connectivity index (χ3n) is 2.73. The van der Waals surface area contributed by atoms with Crippen LogP contribution in [0.15, 0.2) is 18.2 Å². The molecule has 3 nitrogen and oxygen atoms in total. The van der Waals surface area contributed by atoms with Crippen molar-refractivity contribution < 1.29 is 12.8 Å². The highest BCUT2D eigenvalue weighted by atomic mass is 35.5. The van der Waals surface area contributed by atoms with Gasteiger partial charge in [-0.3, -0.25) is 0 Å². The van der Waals surface area contributed by atoms with Gasteiger partial charge in [-0.15, -0.1) is 0 Å². The van der Waals surface area contributed by atoms with Gasteiger partial charge in [-0.05, 0) is 24.6 Å². The van der Waals surface area contributed by atoms with Crippen molar-refractivity contribution >= 4 is 21.4 Å². The Bertz CT molecular complexity index is 505. The first-order valence-corrected chi connectivity index (χ1v) is 7.94. The van der Waals surface area contributed by atoms with E-state index in [4.69, 9.17) is 11.6 Å². The summed E-state index contributed by atoms with van der Waals surface area (Å²) >= 11 is 5.92. The molecule has 0 aromatic heterocycles. The van der Waals surface area contributed by atoms with Crippen LogP contribution in [0.1, 0.15) is 25.5 Å². The van der Waals surface area contributed by atoms with Crippen LogP contribution in [0, 0.1) is 5.82 Å². The van der Waals surface area contributed by atoms with E-state index in [0.29, 0.717) is 11.6 Å². The van der Waals surface area contributed by atoms with Crippen LogP contribution in [0.3, 0.4) is 0 Å². The van der Waals surface area contributed by atoms with E-state index >= 15 is 0 Å². The molecule has 0 aliphatic rings. The lowest BCUT2D eigenvalue weighted by atomic mass is 10.1. The van der Waals surface area contributed by atoms with Gasteiger partial charge in [0, 0.05) is 23.4 Å². The van der Waals surface area contributed by atoms with Gasteiger partial charge >= 0.3 is 0 Å². The molecule has 1 aromatic carbocycles. The summed E-state index contributed by atoms with van der Waals surface area (Å²) in [6.07, 6.45) is 0. The molecule has 1 N–H and O–H groups in total. The molecule has 102 valence electrons. The van der Waals surface area contributed by atoms with E-state index in [-0.39, 0.29) is 23.4 Å². The normalized spacial score (nSPS) is 13.6. The smallest absolute Gasteiger partial charge is 0.151 e. The largest absolute Gasteiger partial charge is 0.309 e. The molecule has 0 amide bonds. The predicted molar refractivity (Wildman–Crippen MR) is 72.2 cm³/mol. The van der Waals surface area contributed by atoms with Gasteiger partial charge in [0.2, 0.25) is 0 Å². The van der Waals surface area contributed by atoms with Crippen molar-refractivity contribution in [3.05, 3.63) is 34.6 Å². The fourth-order valence-corrected chi connectivity index (χ4v) is 2.59. The molecule has 1 unspecified atom stereocenters. The van der Waals surface area contributed by atoms with E-state index in [1.54, 1.807) is 13.0 Å². The molecule has 6 heteroatoms. The van der Waals surface area contributed by atoms with Gasteiger partial charge in [0.1, 0.15) is 5.82 Å². The zero-order valence-electron chi connectivity index (χ0n) is 10.4. The molecule has 0 aliphatic carbocycles. The van der Waals surface area contributed by atoms with E-state index in [2.05, 4.69) is 5.32 Å². The Morgan fingerprint density at radius 2 is 2.11 bits per heavy atom. The lowest BCUT2D eigenvalue weighted by Crippen LogP contribution is -2.26. The fraction of sp³-hybridized carbons (Fsp3) is 0.500. The molecule has 0 radical (unpaired) electrons. The average molecular weight is 294 g/mol. The molecule has 0 fully saturated rings. The van der Waals surface area contributed by atoms with E-state index in [9.17, 15) is 12.8 Å². The topological polar surface area (TPSA) is 46.2 Å². The summed E-state index contributed by atoms with van der Waals surface area (Å²) in [5, 5.41) is 3.40. The number of benzene rings is 1. The summed E-state index contributed by atoms with van der Waals surface area (Å²) < 4.78 is 35.5. The number of halogens is 2. The first-order chi connectivity index (χ1) is 8.35. The number of nitrogens with one attached hydrogen (secondary N) is 1. The molecular formula is C12H17ClFNO2S. The van der Waals surface area contributed by atoms with Gasteiger partial charge in [-0.25, -0.2) is 12.8 Å². The van der Waals surface area contributed by atoms with Crippen molar-refractivity contribution in [3.63, 3.8) is 0 Å². The Labute approximate surface area is 112 Å². The van der Waals surface area contributed by atoms with Crippen molar-refractivity contribution in [2.45, 2.75) is 19.9 Å². The molecule has 0 saturated heterocycles. The SMILES string of the molecule is CCS(=O)(=O)CCNC(C)c1ccc(F)cc1Cl. The van der Waals surface area contributed by atoms with Gasteiger partial charge in [-0.1, -0.05) is 24.6 Å². The van der Waals surface area contributed by atoms with E-state index in [1.807, 2.05) is 6.92 Å². The third-order valence-corrected chi connectivity index (χ3v) is 4.77. The minimum atomic E-state index is -2.97. The number of rotatable bonds is 6. The molecule has 1 rings (SSSR count). The maximum Gasteiger partial charge on any atom is 0.151 e. The second kappa shape index (κ2) is 6.50. The average Bonchev–Trinajstić information content (AvgIpc) is 2.28. The highest BCUT2D eigenvalue weighted by molar-refractivity contribution is 7.91.